The van der Waals surface area contributed by atoms with Gasteiger partial charge in [-0.15, -0.1) is 0 Å². The molecule has 0 aliphatic carbocycles. The van der Waals surface area contributed by atoms with E-state index in [1.165, 1.54) is 12.1 Å². The second-order valence-corrected chi connectivity index (χ2v) is 5.29. The topological polar surface area (TPSA) is 49.0 Å². The standard InChI is InChI=1S/C16H18FN3O/c1-2-12-4-3-9-20(12)16(21)8-7-15-18-13-6-5-11(17)10-14(13)19-15/h3-6,10,12H,2,7-9H2,1H3,(H,18,19). The van der Waals surface area contributed by atoms with Crippen molar-refractivity contribution in [2.45, 2.75) is 32.2 Å². The summed E-state index contributed by atoms with van der Waals surface area (Å²) in [4.78, 5) is 21.6. The molecule has 0 radical (unpaired) electrons. The van der Waals surface area contributed by atoms with Gasteiger partial charge in [-0.25, -0.2) is 9.37 Å². The highest BCUT2D eigenvalue weighted by Gasteiger charge is 2.22. The highest BCUT2D eigenvalue weighted by molar-refractivity contribution is 5.78. The second kappa shape index (κ2) is 5.68. The van der Waals surface area contributed by atoms with Crippen molar-refractivity contribution in [3.05, 3.63) is 42.0 Å². The number of aryl methyl sites for hydroxylation is 1. The van der Waals surface area contributed by atoms with Gasteiger partial charge in [-0.1, -0.05) is 19.1 Å². The fraction of sp³-hybridized carbons (Fsp3) is 0.375. The van der Waals surface area contributed by atoms with E-state index in [4.69, 9.17) is 0 Å². The van der Waals surface area contributed by atoms with Gasteiger partial charge < -0.3 is 9.88 Å². The molecule has 1 N–H and O–H groups in total. The Bertz CT molecular complexity index is 692. The van der Waals surface area contributed by atoms with Crippen LogP contribution in [-0.4, -0.2) is 33.4 Å². The summed E-state index contributed by atoms with van der Waals surface area (Å²) in [7, 11) is 0. The molecule has 1 aliphatic heterocycles. The van der Waals surface area contributed by atoms with E-state index in [2.05, 4.69) is 23.0 Å². The number of fused-ring (bicyclic) bond motifs is 1. The van der Waals surface area contributed by atoms with Crippen molar-refractivity contribution in [3.63, 3.8) is 0 Å². The molecule has 1 amide bonds. The molecule has 4 nitrogen and oxygen atoms in total. The Balaban J connectivity index is 1.65. The van der Waals surface area contributed by atoms with E-state index in [9.17, 15) is 9.18 Å². The number of carbonyl (C=O) groups is 1. The minimum absolute atomic E-state index is 0.137. The number of amides is 1. The number of carbonyl (C=O) groups excluding carboxylic acids is 1. The van der Waals surface area contributed by atoms with Crippen molar-refractivity contribution < 1.29 is 9.18 Å². The third-order valence-electron chi connectivity index (χ3n) is 3.87. The lowest BCUT2D eigenvalue weighted by Crippen LogP contribution is -2.35. The largest absolute Gasteiger partial charge is 0.342 e. The van der Waals surface area contributed by atoms with Gasteiger partial charge in [0.15, 0.2) is 0 Å². The van der Waals surface area contributed by atoms with Crippen LogP contribution in [0.2, 0.25) is 0 Å². The maximum atomic E-state index is 13.1. The lowest BCUT2D eigenvalue weighted by atomic mass is 10.2. The summed E-state index contributed by atoms with van der Waals surface area (Å²) in [5.74, 6) is 0.574. The van der Waals surface area contributed by atoms with Gasteiger partial charge in [-0.2, -0.15) is 0 Å². The summed E-state index contributed by atoms with van der Waals surface area (Å²) in [5, 5.41) is 0. The van der Waals surface area contributed by atoms with Gasteiger partial charge in [0, 0.05) is 19.4 Å². The molecule has 0 spiro atoms. The van der Waals surface area contributed by atoms with Crippen LogP contribution in [0.3, 0.4) is 0 Å². The Morgan fingerprint density at radius 2 is 2.38 bits per heavy atom. The first-order valence-corrected chi connectivity index (χ1v) is 7.27. The van der Waals surface area contributed by atoms with Gasteiger partial charge in [0.2, 0.25) is 5.91 Å². The minimum atomic E-state index is -0.289. The fourth-order valence-electron chi connectivity index (χ4n) is 2.74. The fourth-order valence-corrected chi connectivity index (χ4v) is 2.74. The van der Waals surface area contributed by atoms with Crippen LogP contribution in [0.15, 0.2) is 30.4 Å². The lowest BCUT2D eigenvalue weighted by Gasteiger charge is -2.23. The number of halogens is 1. The van der Waals surface area contributed by atoms with E-state index in [0.29, 0.717) is 24.9 Å². The normalized spacial score (nSPS) is 17.8. The molecule has 3 rings (SSSR count). The van der Waals surface area contributed by atoms with Gasteiger partial charge in [-0.05, 0) is 24.6 Å². The summed E-state index contributed by atoms with van der Waals surface area (Å²) >= 11 is 0. The first-order chi connectivity index (χ1) is 10.2. The Morgan fingerprint density at radius 1 is 1.52 bits per heavy atom. The molecule has 0 saturated heterocycles. The zero-order valence-electron chi connectivity index (χ0n) is 12.0. The van der Waals surface area contributed by atoms with Crippen molar-refractivity contribution in [1.82, 2.24) is 14.9 Å². The zero-order chi connectivity index (χ0) is 14.8. The van der Waals surface area contributed by atoms with Crippen molar-refractivity contribution in [3.8, 4) is 0 Å². The molecule has 2 aromatic rings. The van der Waals surface area contributed by atoms with Crippen molar-refractivity contribution in [1.29, 1.82) is 0 Å². The van der Waals surface area contributed by atoms with E-state index in [1.807, 2.05) is 11.0 Å². The van der Waals surface area contributed by atoms with Crippen LogP contribution in [0.4, 0.5) is 4.39 Å². The quantitative estimate of drug-likeness (QED) is 0.879. The Kier molecular flexibility index (Phi) is 3.73. The van der Waals surface area contributed by atoms with Gasteiger partial charge in [-0.3, -0.25) is 4.79 Å². The maximum absolute atomic E-state index is 13.1. The number of aromatic nitrogens is 2. The molecule has 0 fully saturated rings. The van der Waals surface area contributed by atoms with Crippen molar-refractivity contribution >= 4 is 16.9 Å². The molecule has 1 unspecified atom stereocenters. The molecule has 1 atom stereocenters. The van der Waals surface area contributed by atoms with Gasteiger partial charge >= 0.3 is 0 Å². The molecule has 5 heteroatoms. The summed E-state index contributed by atoms with van der Waals surface area (Å²) < 4.78 is 13.1. The number of aromatic amines is 1. The van der Waals surface area contributed by atoms with E-state index < -0.39 is 0 Å². The molecule has 1 aliphatic rings. The predicted molar refractivity (Wildman–Crippen MR) is 79.3 cm³/mol. The first kappa shape index (κ1) is 13.8. The van der Waals surface area contributed by atoms with Crippen LogP contribution in [0.1, 0.15) is 25.6 Å². The van der Waals surface area contributed by atoms with Crippen LogP contribution in [-0.2, 0) is 11.2 Å². The number of imidazole rings is 1. The molecule has 110 valence electrons. The first-order valence-electron chi connectivity index (χ1n) is 7.27. The average Bonchev–Trinajstić information content (AvgIpc) is 3.10. The Hall–Kier alpha value is -2.17. The maximum Gasteiger partial charge on any atom is 0.223 e. The average molecular weight is 287 g/mol. The lowest BCUT2D eigenvalue weighted by molar-refractivity contribution is -0.131. The SMILES string of the molecule is CCC1C=CCN1C(=O)CCc1nc2ccc(F)cc2[nH]1. The van der Waals surface area contributed by atoms with Crippen LogP contribution >= 0.6 is 0 Å². The summed E-state index contributed by atoms with van der Waals surface area (Å²) in [6.45, 7) is 2.77. The van der Waals surface area contributed by atoms with Crippen LogP contribution < -0.4 is 0 Å². The van der Waals surface area contributed by atoms with E-state index in [-0.39, 0.29) is 17.8 Å². The molecular weight excluding hydrogens is 269 g/mol. The minimum Gasteiger partial charge on any atom is -0.342 e. The summed E-state index contributed by atoms with van der Waals surface area (Å²) in [6, 6.07) is 4.68. The molecule has 1 aromatic carbocycles. The highest BCUT2D eigenvalue weighted by Crippen LogP contribution is 2.17. The number of benzene rings is 1. The molecule has 1 aromatic heterocycles. The monoisotopic (exact) mass is 287 g/mol. The number of nitrogens with one attached hydrogen (secondary N) is 1. The van der Waals surface area contributed by atoms with E-state index in [1.54, 1.807) is 6.07 Å². The smallest absolute Gasteiger partial charge is 0.223 e. The van der Waals surface area contributed by atoms with Crippen LogP contribution in [0.25, 0.3) is 11.0 Å². The molecule has 0 bridgehead atoms. The van der Waals surface area contributed by atoms with Crippen LogP contribution in [0, 0.1) is 5.82 Å². The summed E-state index contributed by atoms with van der Waals surface area (Å²) in [5.41, 5.74) is 1.40. The Labute approximate surface area is 122 Å². The molecule has 2 heterocycles. The second-order valence-electron chi connectivity index (χ2n) is 5.29. The van der Waals surface area contributed by atoms with Crippen LogP contribution in [0.5, 0.6) is 0 Å². The van der Waals surface area contributed by atoms with Gasteiger partial charge in [0.05, 0.1) is 17.1 Å². The van der Waals surface area contributed by atoms with Gasteiger partial charge in [0.1, 0.15) is 11.6 Å². The zero-order valence-corrected chi connectivity index (χ0v) is 12.0. The third kappa shape index (κ3) is 2.82. The number of nitrogens with zero attached hydrogens (tertiary/aromatic N) is 2. The summed E-state index contributed by atoms with van der Waals surface area (Å²) in [6.07, 6.45) is 6.02. The molecule has 21 heavy (non-hydrogen) atoms. The Morgan fingerprint density at radius 3 is 3.19 bits per heavy atom. The van der Waals surface area contributed by atoms with E-state index >= 15 is 0 Å². The number of hydrogen-bond donors (Lipinski definition) is 1. The third-order valence-corrected chi connectivity index (χ3v) is 3.87. The van der Waals surface area contributed by atoms with Crippen molar-refractivity contribution in [2.24, 2.45) is 0 Å². The number of rotatable bonds is 4. The molecule has 0 saturated carbocycles. The van der Waals surface area contributed by atoms with E-state index in [0.717, 1.165) is 17.8 Å². The molecular formula is C16H18FN3O. The van der Waals surface area contributed by atoms with Crippen molar-refractivity contribution in [2.75, 3.05) is 6.54 Å². The number of H-pyrrole nitrogens is 1. The predicted octanol–water partition coefficient (Wildman–Crippen LogP) is 2.81. The number of hydrogen-bond acceptors (Lipinski definition) is 2. The van der Waals surface area contributed by atoms with Gasteiger partial charge in [0.25, 0.3) is 0 Å². The highest BCUT2D eigenvalue weighted by atomic mass is 19.1.